The van der Waals surface area contributed by atoms with E-state index in [4.69, 9.17) is 14.9 Å². The van der Waals surface area contributed by atoms with Gasteiger partial charge in [-0.05, 0) is 24.7 Å². The zero-order valence-electron chi connectivity index (χ0n) is 14.7. The van der Waals surface area contributed by atoms with Crippen molar-refractivity contribution in [3.63, 3.8) is 0 Å². The normalized spacial score (nSPS) is 15.3. The highest BCUT2D eigenvalue weighted by Gasteiger charge is 2.10. The summed E-state index contributed by atoms with van der Waals surface area (Å²) in [6.45, 7) is 6.40. The van der Waals surface area contributed by atoms with Crippen molar-refractivity contribution in [2.45, 2.75) is 84.7 Å². The number of ether oxygens (including phenoxy) is 1. The molecule has 0 bridgehead atoms. The lowest BCUT2D eigenvalue weighted by Gasteiger charge is -2.17. The van der Waals surface area contributed by atoms with E-state index in [-0.39, 0.29) is 19.2 Å². The minimum Gasteiger partial charge on any atom is -0.463 e. The Labute approximate surface area is 136 Å². The van der Waals surface area contributed by atoms with Crippen LogP contribution in [0.15, 0.2) is 0 Å². The van der Waals surface area contributed by atoms with E-state index < -0.39 is 6.10 Å². The van der Waals surface area contributed by atoms with Crippen molar-refractivity contribution in [2.24, 2.45) is 11.8 Å². The first kappa shape index (κ1) is 21.4. The maximum atomic E-state index is 11.4. The second kappa shape index (κ2) is 14.0. The van der Waals surface area contributed by atoms with E-state index in [0.717, 1.165) is 25.2 Å². The number of carbonyl (C=O) groups is 1. The summed E-state index contributed by atoms with van der Waals surface area (Å²) in [5.74, 6) is 1.23. The van der Waals surface area contributed by atoms with Crippen molar-refractivity contribution in [3.8, 4) is 0 Å². The van der Waals surface area contributed by atoms with Gasteiger partial charge in [0.25, 0.3) is 0 Å². The van der Waals surface area contributed by atoms with Crippen molar-refractivity contribution < 1.29 is 19.7 Å². The third-order valence-corrected chi connectivity index (χ3v) is 4.08. The quantitative estimate of drug-likeness (QED) is 0.379. The van der Waals surface area contributed by atoms with Crippen LogP contribution >= 0.6 is 0 Å². The van der Waals surface area contributed by atoms with Crippen molar-refractivity contribution in [1.82, 2.24) is 0 Å². The molecule has 2 N–H and O–H groups in total. The lowest BCUT2D eigenvalue weighted by molar-refractivity contribution is -0.147. The van der Waals surface area contributed by atoms with E-state index >= 15 is 0 Å². The van der Waals surface area contributed by atoms with E-state index in [0.29, 0.717) is 12.3 Å². The van der Waals surface area contributed by atoms with Gasteiger partial charge in [0, 0.05) is 6.42 Å². The Morgan fingerprint density at radius 2 is 1.64 bits per heavy atom. The molecule has 0 heterocycles. The van der Waals surface area contributed by atoms with E-state index in [1.54, 1.807) is 0 Å². The third-order valence-electron chi connectivity index (χ3n) is 4.08. The molecule has 0 saturated heterocycles. The number of rotatable bonds is 14. The van der Waals surface area contributed by atoms with Crippen molar-refractivity contribution in [3.05, 3.63) is 0 Å². The molecule has 0 radical (unpaired) electrons. The molecule has 0 aliphatic rings. The Balaban J connectivity index is 3.55. The molecule has 0 aliphatic carbocycles. The van der Waals surface area contributed by atoms with Crippen LogP contribution in [0.2, 0.25) is 0 Å². The van der Waals surface area contributed by atoms with Gasteiger partial charge in [-0.1, -0.05) is 59.3 Å². The molecule has 0 saturated carbocycles. The number of aliphatic hydroxyl groups is 2. The number of hydrogen-bond acceptors (Lipinski definition) is 4. The van der Waals surface area contributed by atoms with Gasteiger partial charge < -0.3 is 14.9 Å². The van der Waals surface area contributed by atoms with Crippen LogP contribution in [0.1, 0.15) is 78.6 Å². The molecule has 0 aromatic carbocycles. The van der Waals surface area contributed by atoms with Gasteiger partial charge in [0.05, 0.1) is 6.61 Å². The summed E-state index contributed by atoms with van der Waals surface area (Å²) in [5, 5.41) is 17.7. The fourth-order valence-electron chi connectivity index (χ4n) is 2.74. The van der Waals surface area contributed by atoms with Gasteiger partial charge in [-0.25, -0.2) is 0 Å². The average molecular weight is 316 g/mol. The van der Waals surface area contributed by atoms with Gasteiger partial charge in [-0.2, -0.15) is 0 Å². The van der Waals surface area contributed by atoms with Gasteiger partial charge in [0.2, 0.25) is 0 Å². The summed E-state index contributed by atoms with van der Waals surface area (Å²) in [6, 6.07) is 0. The topological polar surface area (TPSA) is 66.8 Å². The highest BCUT2D eigenvalue weighted by Crippen LogP contribution is 2.22. The number of aliphatic hydroxyl groups excluding tert-OH is 2. The van der Waals surface area contributed by atoms with Gasteiger partial charge in [-0.15, -0.1) is 0 Å². The maximum Gasteiger partial charge on any atom is 0.305 e. The fraction of sp³-hybridized carbons (Fsp3) is 0.944. The van der Waals surface area contributed by atoms with Gasteiger partial charge in [0.15, 0.2) is 0 Å². The second-order valence-electron chi connectivity index (χ2n) is 6.71. The Morgan fingerprint density at radius 3 is 2.18 bits per heavy atom. The Morgan fingerprint density at radius 1 is 1.05 bits per heavy atom. The van der Waals surface area contributed by atoms with Crippen LogP contribution in [0.25, 0.3) is 0 Å². The molecule has 0 spiro atoms. The average Bonchev–Trinajstić information content (AvgIpc) is 2.49. The molecule has 132 valence electrons. The Bertz CT molecular complexity index is 268. The summed E-state index contributed by atoms with van der Waals surface area (Å²) < 4.78 is 4.87. The summed E-state index contributed by atoms with van der Waals surface area (Å²) in [6.07, 6.45) is 9.05. The second-order valence-corrected chi connectivity index (χ2v) is 6.71. The van der Waals surface area contributed by atoms with Crippen molar-refractivity contribution >= 4 is 5.97 Å². The number of esters is 1. The molecular formula is C18H36O4. The molecule has 4 heteroatoms. The predicted octanol–water partition coefficient (Wildman–Crippen LogP) is 3.69. The van der Waals surface area contributed by atoms with Gasteiger partial charge >= 0.3 is 5.97 Å². The lowest BCUT2D eigenvalue weighted by Crippen LogP contribution is -2.21. The largest absolute Gasteiger partial charge is 0.463 e. The summed E-state index contributed by atoms with van der Waals surface area (Å²) in [5.41, 5.74) is 0. The standard InChI is InChI=1S/C18H36O4/c1-4-5-6-9-15(2)12-16(3)10-7-8-11-18(21)22-14-17(20)13-19/h15-17,19-20H,4-14H2,1-3H3. The van der Waals surface area contributed by atoms with Crippen LogP contribution in [-0.2, 0) is 9.53 Å². The third kappa shape index (κ3) is 13.1. The molecule has 0 aromatic heterocycles. The van der Waals surface area contributed by atoms with Gasteiger partial charge in [-0.3, -0.25) is 4.79 Å². The van der Waals surface area contributed by atoms with E-state index in [9.17, 15) is 4.79 Å². The summed E-state index contributed by atoms with van der Waals surface area (Å²) in [4.78, 5) is 11.4. The maximum absolute atomic E-state index is 11.4. The molecule has 4 nitrogen and oxygen atoms in total. The lowest BCUT2D eigenvalue weighted by atomic mass is 9.89. The highest BCUT2D eigenvalue weighted by molar-refractivity contribution is 5.69. The Kier molecular flexibility index (Phi) is 13.6. The zero-order valence-corrected chi connectivity index (χ0v) is 14.7. The molecule has 0 aromatic rings. The summed E-state index contributed by atoms with van der Waals surface area (Å²) >= 11 is 0. The molecule has 0 aliphatic heterocycles. The van der Waals surface area contributed by atoms with E-state index in [2.05, 4.69) is 20.8 Å². The highest BCUT2D eigenvalue weighted by atomic mass is 16.5. The molecule has 0 rings (SSSR count). The molecule has 3 unspecified atom stereocenters. The number of unbranched alkanes of at least 4 members (excludes halogenated alkanes) is 3. The van der Waals surface area contributed by atoms with Gasteiger partial charge in [0.1, 0.15) is 12.7 Å². The Hall–Kier alpha value is -0.610. The minimum atomic E-state index is -0.960. The smallest absolute Gasteiger partial charge is 0.305 e. The first-order chi connectivity index (χ1) is 10.5. The monoisotopic (exact) mass is 316 g/mol. The molecule has 3 atom stereocenters. The summed E-state index contributed by atoms with van der Waals surface area (Å²) in [7, 11) is 0. The van der Waals surface area contributed by atoms with Crippen molar-refractivity contribution in [2.75, 3.05) is 13.2 Å². The van der Waals surface area contributed by atoms with E-state index in [1.807, 2.05) is 0 Å². The molecular weight excluding hydrogens is 280 g/mol. The van der Waals surface area contributed by atoms with Crippen molar-refractivity contribution in [1.29, 1.82) is 0 Å². The van der Waals surface area contributed by atoms with Crippen LogP contribution in [0.4, 0.5) is 0 Å². The van der Waals surface area contributed by atoms with Crippen LogP contribution in [-0.4, -0.2) is 35.5 Å². The predicted molar refractivity (Wildman–Crippen MR) is 89.6 cm³/mol. The molecule has 22 heavy (non-hydrogen) atoms. The SMILES string of the molecule is CCCCCC(C)CC(C)CCCCC(=O)OCC(O)CO. The minimum absolute atomic E-state index is 0.110. The number of hydrogen-bond donors (Lipinski definition) is 2. The van der Waals surface area contributed by atoms with Crippen LogP contribution in [0.5, 0.6) is 0 Å². The first-order valence-electron chi connectivity index (χ1n) is 8.94. The molecule has 0 fully saturated rings. The van der Waals surface area contributed by atoms with Crippen LogP contribution in [0, 0.1) is 11.8 Å². The van der Waals surface area contributed by atoms with E-state index in [1.165, 1.54) is 32.1 Å². The van der Waals surface area contributed by atoms with Crippen LogP contribution in [0.3, 0.4) is 0 Å². The zero-order chi connectivity index (χ0) is 16.8. The molecule has 0 amide bonds. The number of carbonyl (C=O) groups excluding carboxylic acids is 1. The fourth-order valence-corrected chi connectivity index (χ4v) is 2.74. The van der Waals surface area contributed by atoms with Crippen LogP contribution < -0.4 is 0 Å². The first-order valence-corrected chi connectivity index (χ1v) is 8.94.